The second-order valence-corrected chi connectivity index (χ2v) is 4.84. The zero-order valence-corrected chi connectivity index (χ0v) is 8.68. The second-order valence-electron chi connectivity index (χ2n) is 2.37. The molecule has 0 bridgehead atoms. The van der Waals surface area contributed by atoms with E-state index in [1.807, 2.05) is 11.6 Å². The summed E-state index contributed by atoms with van der Waals surface area (Å²) in [6.45, 7) is 2.15. The summed E-state index contributed by atoms with van der Waals surface area (Å²) in [5.41, 5.74) is 0. The number of thiazole rings is 1. The highest BCUT2D eigenvalue weighted by Crippen LogP contribution is 2.22. The van der Waals surface area contributed by atoms with Crippen molar-refractivity contribution in [2.45, 2.75) is 11.3 Å². The Hall–Kier alpha value is 0.270. The van der Waals surface area contributed by atoms with E-state index >= 15 is 0 Å². The molecule has 0 aromatic carbocycles. The molecule has 0 aliphatic heterocycles. The van der Waals surface area contributed by atoms with Crippen LogP contribution in [0.25, 0.3) is 0 Å². The molecule has 0 spiro atoms. The van der Waals surface area contributed by atoms with Crippen molar-refractivity contribution in [3.05, 3.63) is 11.6 Å². The molecular weight excluding hydrogens is 198 g/mol. The zero-order valence-electron chi connectivity index (χ0n) is 6.29. The average Bonchev–Trinajstić information content (AvgIpc) is 2.52. The molecule has 0 saturated heterocycles. The molecule has 0 radical (unpaired) electrons. The van der Waals surface area contributed by atoms with E-state index in [0.29, 0.717) is 5.92 Å². The molecule has 0 N–H and O–H groups in total. The zero-order chi connectivity index (χ0) is 8.10. The number of nitrogens with zero attached hydrogens (tertiary/aromatic N) is 1. The summed E-state index contributed by atoms with van der Waals surface area (Å²) >= 11 is 9.13. The van der Waals surface area contributed by atoms with Gasteiger partial charge in [0, 0.05) is 23.2 Å². The Kier molecular flexibility index (Phi) is 4.26. The van der Waals surface area contributed by atoms with Gasteiger partial charge >= 0.3 is 0 Å². The maximum Gasteiger partial charge on any atom is 0.149 e. The van der Waals surface area contributed by atoms with Crippen molar-refractivity contribution >= 4 is 34.7 Å². The SMILES string of the molecule is CC(CCl)CSc1nccs1. The highest BCUT2D eigenvalue weighted by atomic mass is 35.5. The molecule has 1 nitrogen and oxygen atoms in total. The number of hydrogen-bond donors (Lipinski definition) is 0. The van der Waals surface area contributed by atoms with Crippen LogP contribution in [0.4, 0.5) is 0 Å². The van der Waals surface area contributed by atoms with E-state index in [9.17, 15) is 0 Å². The van der Waals surface area contributed by atoms with E-state index < -0.39 is 0 Å². The van der Waals surface area contributed by atoms with E-state index in [0.717, 1.165) is 16.0 Å². The summed E-state index contributed by atoms with van der Waals surface area (Å²) in [4.78, 5) is 4.16. The van der Waals surface area contributed by atoms with Crippen LogP contribution in [0.2, 0.25) is 0 Å². The first-order chi connectivity index (χ1) is 5.33. The molecule has 1 aromatic rings. The van der Waals surface area contributed by atoms with Gasteiger partial charge in [0.2, 0.25) is 0 Å². The van der Waals surface area contributed by atoms with Crippen LogP contribution in [0.5, 0.6) is 0 Å². The fraction of sp³-hybridized carbons (Fsp3) is 0.571. The Morgan fingerprint density at radius 1 is 1.82 bits per heavy atom. The molecule has 4 heteroatoms. The summed E-state index contributed by atoms with van der Waals surface area (Å²) in [6, 6.07) is 0. The molecule has 0 aliphatic rings. The first kappa shape index (κ1) is 9.36. The summed E-state index contributed by atoms with van der Waals surface area (Å²) in [5.74, 6) is 2.38. The Labute approximate surface area is 80.2 Å². The van der Waals surface area contributed by atoms with E-state index in [1.165, 1.54) is 0 Å². The van der Waals surface area contributed by atoms with Crippen molar-refractivity contribution in [1.29, 1.82) is 0 Å². The molecule has 1 aromatic heterocycles. The van der Waals surface area contributed by atoms with Gasteiger partial charge in [-0.2, -0.15) is 0 Å². The lowest BCUT2D eigenvalue weighted by molar-refractivity contribution is 0.759. The normalized spacial score (nSPS) is 13.3. The molecule has 0 aliphatic carbocycles. The third-order valence-electron chi connectivity index (χ3n) is 1.16. The van der Waals surface area contributed by atoms with E-state index in [1.54, 1.807) is 23.1 Å². The predicted octanol–water partition coefficient (Wildman–Crippen LogP) is 3.11. The van der Waals surface area contributed by atoms with Crippen LogP contribution in [0, 0.1) is 5.92 Å². The van der Waals surface area contributed by atoms with Gasteiger partial charge in [-0.25, -0.2) is 4.98 Å². The number of halogens is 1. The van der Waals surface area contributed by atoms with Gasteiger partial charge in [0.15, 0.2) is 0 Å². The fourth-order valence-electron chi connectivity index (χ4n) is 0.540. The van der Waals surface area contributed by atoms with Gasteiger partial charge in [0.1, 0.15) is 4.34 Å². The van der Waals surface area contributed by atoms with Gasteiger partial charge < -0.3 is 0 Å². The van der Waals surface area contributed by atoms with Gasteiger partial charge in [-0.3, -0.25) is 0 Å². The van der Waals surface area contributed by atoms with Gasteiger partial charge in [0.05, 0.1) is 0 Å². The quantitative estimate of drug-likeness (QED) is 0.556. The third kappa shape index (κ3) is 3.45. The maximum atomic E-state index is 5.66. The molecular formula is C7H10ClNS2. The monoisotopic (exact) mass is 207 g/mol. The van der Waals surface area contributed by atoms with Crippen molar-refractivity contribution in [3.8, 4) is 0 Å². The largest absolute Gasteiger partial charge is 0.238 e. The summed E-state index contributed by atoms with van der Waals surface area (Å²) in [6.07, 6.45) is 1.83. The van der Waals surface area contributed by atoms with E-state index in [-0.39, 0.29) is 0 Å². The highest BCUT2D eigenvalue weighted by Gasteiger charge is 2.02. The number of hydrogen-bond acceptors (Lipinski definition) is 3. The fourth-order valence-corrected chi connectivity index (χ4v) is 2.46. The van der Waals surface area contributed by atoms with Crippen LogP contribution in [0.3, 0.4) is 0 Å². The minimum Gasteiger partial charge on any atom is -0.238 e. The lowest BCUT2D eigenvalue weighted by atomic mass is 10.3. The Morgan fingerprint density at radius 3 is 3.18 bits per heavy atom. The van der Waals surface area contributed by atoms with Crippen LogP contribution >= 0.6 is 34.7 Å². The van der Waals surface area contributed by atoms with Crippen LogP contribution in [0.15, 0.2) is 15.9 Å². The van der Waals surface area contributed by atoms with Gasteiger partial charge in [-0.15, -0.1) is 22.9 Å². The highest BCUT2D eigenvalue weighted by molar-refractivity contribution is 8.01. The van der Waals surface area contributed by atoms with Crippen molar-refractivity contribution in [3.63, 3.8) is 0 Å². The van der Waals surface area contributed by atoms with E-state index in [4.69, 9.17) is 11.6 Å². The smallest absolute Gasteiger partial charge is 0.149 e. The topological polar surface area (TPSA) is 12.9 Å². The Morgan fingerprint density at radius 2 is 2.64 bits per heavy atom. The Balaban J connectivity index is 2.23. The molecule has 1 atom stereocenters. The predicted molar refractivity (Wildman–Crippen MR) is 52.7 cm³/mol. The van der Waals surface area contributed by atoms with Crippen LogP contribution in [-0.4, -0.2) is 16.6 Å². The van der Waals surface area contributed by atoms with Gasteiger partial charge in [0.25, 0.3) is 0 Å². The molecule has 62 valence electrons. The average molecular weight is 208 g/mol. The summed E-state index contributed by atoms with van der Waals surface area (Å²) in [5, 5.41) is 1.99. The maximum absolute atomic E-state index is 5.66. The summed E-state index contributed by atoms with van der Waals surface area (Å²) < 4.78 is 1.14. The third-order valence-corrected chi connectivity index (χ3v) is 3.99. The van der Waals surface area contributed by atoms with Crippen LogP contribution < -0.4 is 0 Å². The van der Waals surface area contributed by atoms with Crippen molar-refractivity contribution in [2.75, 3.05) is 11.6 Å². The van der Waals surface area contributed by atoms with Gasteiger partial charge in [-0.05, 0) is 5.92 Å². The van der Waals surface area contributed by atoms with Crippen molar-refractivity contribution in [2.24, 2.45) is 5.92 Å². The van der Waals surface area contributed by atoms with Crippen molar-refractivity contribution < 1.29 is 0 Å². The van der Waals surface area contributed by atoms with Gasteiger partial charge in [-0.1, -0.05) is 18.7 Å². The molecule has 11 heavy (non-hydrogen) atoms. The number of rotatable bonds is 4. The molecule has 1 heterocycles. The first-order valence-corrected chi connectivity index (χ1v) is 5.81. The minimum atomic E-state index is 0.575. The van der Waals surface area contributed by atoms with E-state index in [2.05, 4.69) is 11.9 Å². The lowest BCUT2D eigenvalue weighted by Gasteiger charge is -2.03. The summed E-state index contributed by atoms with van der Waals surface area (Å²) in [7, 11) is 0. The number of aromatic nitrogens is 1. The second kappa shape index (κ2) is 5.01. The minimum absolute atomic E-state index is 0.575. The van der Waals surface area contributed by atoms with Crippen molar-refractivity contribution in [1.82, 2.24) is 4.98 Å². The molecule has 1 unspecified atom stereocenters. The molecule has 1 rings (SSSR count). The first-order valence-electron chi connectivity index (χ1n) is 3.41. The lowest BCUT2D eigenvalue weighted by Crippen LogP contribution is -1.98. The van der Waals surface area contributed by atoms with Crippen LogP contribution in [0.1, 0.15) is 6.92 Å². The molecule has 0 saturated carbocycles. The van der Waals surface area contributed by atoms with Crippen LogP contribution in [-0.2, 0) is 0 Å². The number of alkyl halides is 1. The number of thioether (sulfide) groups is 1. The standard InChI is InChI=1S/C7H10ClNS2/c1-6(4-8)5-11-7-9-2-3-10-7/h2-3,6H,4-5H2,1H3. The molecule has 0 fully saturated rings. The molecule has 0 amide bonds. The Bertz CT molecular complexity index is 188.